The van der Waals surface area contributed by atoms with Crippen molar-refractivity contribution in [2.45, 2.75) is 44.9 Å². The summed E-state index contributed by atoms with van der Waals surface area (Å²) in [6, 6.07) is 0.504. The number of aliphatic hydroxyl groups is 3. The number of ketones is 2. The molecule has 1 fully saturated rings. The van der Waals surface area contributed by atoms with Gasteiger partial charge in [0.1, 0.15) is 22.8 Å². The molecule has 42 heavy (non-hydrogen) atoms. The van der Waals surface area contributed by atoms with Gasteiger partial charge in [-0.15, -0.1) is 0 Å². The van der Waals surface area contributed by atoms with Crippen molar-refractivity contribution in [1.82, 2.24) is 10.2 Å². The Bertz CT molecular complexity index is 1430. The van der Waals surface area contributed by atoms with Crippen molar-refractivity contribution in [3.8, 4) is 5.75 Å². The van der Waals surface area contributed by atoms with Gasteiger partial charge in [0.25, 0.3) is 5.91 Å². The minimum absolute atomic E-state index is 0.00953. The minimum Gasteiger partial charge on any atom is -0.508 e. The van der Waals surface area contributed by atoms with Crippen molar-refractivity contribution in [2.75, 3.05) is 39.7 Å². The number of nitrogens with one attached hydrogen (secondary N) is 1. The number of primary amides is 1. The lowest BCUT2D eigenvalue weighted by atomic mass is 9.57. The third kappa shape index (κ3) is 4.75. The maximum atomic E-state index is 14.0. The van der Waals surface area contributed by atoms with Gasteiger partial charge in [-0.3, -0.25) is 19.3 Å². The standard InChI is InChI=1S/C29H38N4O9/c1-12(2)11-42-28(40)31-10-14-9-17(32(3)4)15-7-13-8-16-21(33(5)6)24(36)20(27(30)39)26(38)29(16,41)25(37)18(13)23(35)19(15)22(14)34/h9,12-13,16,21,34-35,38,41H,7-8,10-11H2,1-6H3,(H2,30,39)(H,31,40)/t13?,16?,21-,29+/m1/s1. The maximum Gasteiger partial charge on any atom is 0.407 e. The van der Waals surface area contributed by atoms with Crippen LogP contribution in [0.4, 0.5) is 10.5 Å². The van der Waals surface area contributed by atoms with Crippen LogP contribution in [-0.2, 0) is 32.1 Å². The fraction of sp³-hybridized carbons (Fsp3) is 0.517. The number of aromatic hydroxyl groups is 1. The van der Waals surface area contributed by atoms with Crippen LogP contribution in [0.5, 0.6) is 5.75 Å². The zero-order valence-corrected chi connectivity index (χ0v) is 24.5. The van der Waals surface area contributed by atoms with Gasteiger partial charge in [0.15, 0.2) is 11.4 Å². The normalized spacial score (nSPS) is 25.3. The summed E-state index contributed by atoms with van der Waals surface area (Å²) in [6.07, 6.45) is -0.551. The Balaban J connectivity index is 1.86. The molecule has 1 saturated carbocycles. The number of hydrogen-bond donors (Lipinski definition) is 6. The second-order valence-electron chi connectivity index (χ2n) is 12.0. The number of phenolic OH excluding ortho intramolecular Hbond substituents is 1. The summed E-state index contributed by atoms with van der Waals surface area (Å²) in [7, 11) is 6.61. The third-order valence-electron chi connectivity index (χ3n) is 8.23. The largest absolute Gasteiger partial charge is 0.508 e. The summed E-state index contributed by atoms with van der Waals surface area (Å²) in [4.78, 5) is 54.8. The van der Waals surface area contributed by atoms with Crippen LogP contribution < -0.4 is 16.0 Å². The Morgan fingerprint density at radius 2 is 1.81 bits per heavy atom. The molecule has 4 atom stereocenters. The molecule has 4 rings (SSSR count). The van der Waals surface area contributed by atoms with Crippen LogP contribution >= 0.6 is 0 Å². The molecule has 2 amide bonds. The lowest BCUT2D eigenvalue weighted by Crippen LogP contribution is -2.65. The van der Waals surface area contributed by atoms with Crippen LogP contribution in [0.25, 0.3) is 5.76 Å². The molecule has 2 unspecified atom stereocenters. The molecule has 13 nitrogen and oxygen atoms in total. The van der Waals surface area contributed by atoms with Gasteiger partial charge in [0, 0.05) is 43.4 Å². The monoisotopic (exact) mass is 586 g/mol. The number of nitrogens with two attached hydrogens (primary N) is 1. The van der Waals surface area contributed by atoms with E-state index in [0.717, 1.165) is 0 Å². The number of ether oxygens (including phenoxy) is 1. The third-order valence-corrected chi connectivity index (χ3v) is 8.23. The first-order chi connectivity index (χ1) is 19.5. The van der Waals surface area contributed by atoms with Gasteiger partial charge >= 0.3 is 6.09 Å². The highest BCUT2D eigenvalue weighted by molar-refractivity contribution is 6.24. The topological polar surface area (TPSA) is 203 Å². The SMILES string of the molecule is CC(C)COC(=O)NCc1cc(N(C)C)c2c(c1O)C(O)=C1C(=O)[C@]3(O)C(O)=C(C(N)=O)C(=O)[C@H](N(C)C)C3CC1C2. The van der Waals surface area contributed by atoms with Gasteiger partial charge < -0.3 is 41.1 Å². The molecule has 0 spiro atoms. The van der Waals surface area contributed by atoms with E-state index in [1.165, 1.54) is 4.90 Å². The second-order valence-corrected chi connectivity index (χ2v) is 12.0. The number of anilines is 1. The number of carbonyl (C=O) groups is 4. The highest BCUT2D eigenvalue weighted by atomic mass is 16.5. The second kappa shape index (κ2) is 11.0. The van der Waals surface area contributed by atoms with Crippen LogP contribution in [0.3, 0.4) is 0 Å². The van der Waals surface area contributed by atoms with Crippen molar-refractivity contribution < 1.29 is 44.3 Å². The average Bonchev–Trinajstić information content (AvgIpc) is 2.88. The summed E-state index contributed by atoms with van der Waals surface area (Å²) >= 11 is 0. The number of Topliss-reactive ketones (excluding diaryl/α,β-unsaturated/α-hetero) is 2. The van der Waals surface area contributed by atoms with E-state index in [4.69, 9.17) is 10.5 Å². The smallest absolute Gasteiger partial charge is 0.407 e. The number of phenols is 1. The number of fused-ring (bicyclic) bond motifs is 3. The Labute approximate surface area is 243 Å². The number of nitrogens with zero attached hydrogens (tertiary/aromatic N) is 2. The van der Waals surface area contributed by atoms with Crippen molar-refractivity contribution >= 4 is 35.0 Å². The van der Waals surface area contributed by atoms with E-state index in [2.05, 4.69) is 5.32 Å². The number of rotatable bonds is 7. The van der Waals surface area contributed by atoms with E-state index in [1.54, 1.807) is 39.2 Å². The summed E-state index contributed by atoms with van der Waals surface area (Å²) < 4.78 is 5.13. The zero-order valence-electron chi connectivity index (χ0n) is 24.5. The number of aliphatic hydroxyl groups excluding tert-OH is 2. The number of hydrogen-bond acceptors (Lipinski definition) is 11. The van der Waals surface area contributed by atoms with E-state index in [0.29, 0.717) is 11.3 Å². The van der Waals surface area contributed by atoms with Gasteiger partial charge in [0.2, 0.25) is 5.78 Å². The molecule has 1 aromatic carbocycles. The van der Waals surface area contributed by atoms with Crippen molar-refractivity contribution in [1.29, 1.82) is 0 Å². The Morgan fingerprint density at radius 1 is 1.17 bits per heavy atom. The van der Waals surface area contributed by atoms with Crippen LogP contribution in [0.15, 0.2) is 23.0 Å². The molecule has 3 aliphatic rings. The highest BCUT2D eigenvalue weighted by Crippen LogP contribution is 2.54. The number of alkyl carbamates (subject to hydrolysis) is 1. The first-order valence-corrected chi connectivity index (χ1v) is 13.6. The molecule has 0 radical (unpaired) electrons. The number of benzene rings is 1. The lowest BCUT2D eigenvalue weighted by molar-refractivity contribution is -0.153. The summed E-state index contributed by atoms with van der Waals surface area (Å²) in [5.41, 5.74) is 2.85. The van der Waals surface area contributed by atoms with Crippen LogP contribution in [0.1, 0.15) is 37.0 Å². The Morgan fingerprint density at radius 3 is 2.36 bits per heavy atom. The van der Waals surface area contributed by atoms with E-state index in [1.807, 2.05) is 13.8 Å². The molecule has 0 heterocycles. The molecule has 0 saturated heterocycles. The molecule has 1 aromatic rings. The molecular weight excluding hydrogens is 548 g/mol. The average molecular weight is 587 g/mol. The quantitative estimate of drug-likeness (QED) is 0.248. The molecule has 0 aromatic heterocycles. The maximum absolute atomic E-state index is 14.0. The van der Waals surface area contributed by atoms with E-state index in [-0.39, 0.29) is 54.4 Å². The summed E-state index contributed by atoms with van der Waals surface area (Å²) in [6.45, 7) is 3.82. The van der Waals surface area contributed by atoms with E-state index >= 15 is 0 Å². The number of amides is 2. The first kappa shape index (κ1) is 30.8. The summed E-state index contributed by atoms with van der Waals surface area (Å²) in [5.74, 6) is -7.05. The van der Waals surface area contributed by atoms with E-state index in [9.17, 15) is 39.6 Å². The van der Waals surface area contributed by atoms with Crippen LogP contribution in [-0.4, -0.2) is 95.3 Å². The summed E-state index contributed by atoms with van der Waals surface area (Å²) in [5, 5.41) is 48.1. The van der Waals surface area contributed by atoms with Gasteiger partial charge in [-0.05, 0) is 50.4 Å². The first-order valence-electron chi connectivity index (χ1n) is 13.6. The molecule has 7 N–H and O–H groups in total. The molecular formula is C29H38N4O9. The zero-order chi connectivity index (χ0) is 31.4. The molecule has 228 valence electrons. The van der Waals surface area contributed by atoms with Crippen molar-refractivity contribution in [3.63, 3.8) is 0 Å². The van der Waals surface area contributed by atoms with Gasteiger partial charge in [-0.1, -0.05) is 13.8 Å². The molecule has 3 aliphatic carbocycles. The Kier molecular flexibility index (Phi) is 8.04. The lowest BCUT2D eigenvalue weighted by Gasteiger charge is -2.50. The van der Waals surface area contributed by atoms with Crippen LogP contribution in [0, 0.1) is 17.8 Å². The predicted molar refractivity (Wildman–Crippen MR) is 152 cm³/mol. The molecule has 0 bridgehead atoms. The van der Waals surface area contributed by atoms with Crippen molar-refractivity contribution in [3.05, 3.63) is 39.7 Å². The van der Waals surface area contributed by atoms with Crippen molar-refractivity contribution in [2.24, 2.45) is 23.5 Å². The fourth-order valence-corrected chi connectivity index (χ4v) is 6.34. The molecule has 13 heteroatoms. The van der Waals surface area contributed by atoms with Gasteiger partial charge in [-0.25, -0.2) is 4.79 Å². The van der Waals surface area contributed by atoms with Gasteiger partial charge in [0.05, 0.1) is 18.2 Å². The fourth-order valence-electron chi connectivity index (χ4n) is 6.34. The number of carbonyl (C=O) groups excluding carboxylic acids is 4. The van der Waals surface area contributed by atoms with Crippen LogP contribution in [0.2, 0.25) is 0 Å². The molecule has 0 aliphatic heterocycles. The van der Waals surface area contributed by atoms with E-state index < -0.39 is 64.1 Å². The highest BCUT2D eigenvalue weighted by Gasteiger charge is 2.64. The number of likely N-dealkylation sites (N-methyl/N-ethyl adjacent to an activating group) is 1. The minimum atomic E-state index is -2.72. The Hall–Kier alpha value is -4.10. The van der Waals surface area contributed by atoms with Gasteiger partial charge in [-0.2, -0.15) is 0 Å². The predicted octanol–water partition coefficient (Wildman–Crippen LogP) is 0.912.